The fourth-order valence-electron chi connectivity index (χ4n) is 2.47. The van der Waals surface area contributed by atoms with Crippen LogP contribution in [0.15, 0.2) is 29.6 Å². The summed E-state index contributed by atoms with van der Waals surface area (Å²) in [6.45, 7) is 0. The van der Waals surface area contributed by atoms with Crippen LogP contribution >= 0.6 is 22.9 Å². The number of anilines is 1. The Morgan fingerprint density at radius 3 is 3.06 bits per heavy atom. The molecule has 0 saturated heterocycles. The number of hydrogen-bond acceptors (Lipinski definition) is 2. The second kappa shape index (κ2) is 4.90. The fraction of sp³-hybridized carbons (Fsp3) is 0.286. The molecule has 1 aromatic heterocycles. The lowest BCUT2D eigenvalue weighted by Crippen LogP contribution is -2.15. The molecule has 1 aromatic carbocycles. The molecule has 4 heteroatoms. The van der Waals surface area contributed by atoms with E-state index in [1.165, 1.54) is 29.0 Å². The van der Waals surface area contributed by atoms with E-state index < -0.39 is 0 Å². The maximum absolute atomic E-state index is 13.3. The van der Waals surface area contributed by atoms with E-state index in [-0.39, 0.29) is 11.9 Å². The fourth-order valence-corrected chi connectivity index (χ4v) is 3.68. The average molecular weight is 282 g/mol. The largest absolute Gasteiger partial charge is 0.378 e. The first kappa shape index (κ1) is 12.0. The molecule has 1 aliphatic rings. The van der Waals surface area contributed by atoms with Gasteiger partial charge in [-0.25, -0.2) is 4.39 Å². The quantitative estimate of drug-likeness (QED) is 0.814. The maximum Gasteiger partial charge on any atom is 0.126 e. The van der Waals surface area contributed by atoms with Crippen molar-refractivity contribution in [2.45, 2.75) is 25.3 Å². The van der Waals surface area contributed by atoms with E-state index >= 15 is 0 Å². The summed E-state index contributed by atoms with van der Waals surface area (Å²) in [4.78, 5) is 1.45. The Hall–Kier alpha value is -1.06. The first-order valence-electron chi connectivity index (χ1n) is 6.01. The number of thiophene rings is 1. The summed E-state index contributed by atoms with van der Waals surface area (Å²) in [6.07, 6.45) is 3.42. The molecule has 1 N–H and O–H groups in total. The van der Waals surface area contributed by atoms with Crippen LogP contribution in [0.2, 0.25) is 5.02 Å². The zero-order valence-electron chi connectivity index (χ0n) is 9.75. The van der Waals surface area contributed by atoms with Crippen molar-refractivity contribution in [2.75, 3.05) is 5.32 Å². The van der Waals surface area contributed by atoms with E-state index in [0.29, 0.717) is 5.02 Å². The van der Waals surface area contributed by atoms with Gasteiger partial charge in [0.2, 0.25) is 0 Å². The number of benzene rings is 1. The van der Waals surface area contributed by atoms with Gasteiger partial charge >= 0.3 is 0 Å². The van der Waals surface area contributed by atoms with Gasteiger partial charge in [0.05, 0.1) is 6.04 Å². The third kappa shape index (κ3) is 2.38. The highest BCUT2D eigenvalue weighted by molar-refractivity contribution is 7.10. The zero-order chi connectivity index (χ0) is 12.5. The van der Waals surface area contributed by atoms with Gasteiger partial charge in [0.15, 0.2) is 0 Å². The van der Waals surface area contributed by atoms with E-state index in [4.69, 9.17) is 11.6 Å². The van der Waals surface area contributed by atoms with E-state index in [9.17, 15) is 4.39 Å². The predicted octanol–water partition coefficient (Wildman–Crippen LogP) is 5.03. The molecule has 94 valence electrons. The molecule has 0 saturated carbocycles. The molecule has 2 aromatic rings. The monoisotopic (exact) mass is 281 g/mol. The summed E-state index contributed by atoms with van der Waals surface area (Å²) in [5.74, 6) is -0.300. The SMILES string of the molecule is Fc1cc(Cl)cc(NC2CCCc3sccc32)c1. The molecule has 0 bridgehead atoms. The van der Waals surface area contributed by atoms with E-state index in [0.717, 1.165) is 18.5 Å². The Kier molecular flexibility index (Phi) is 3.27. The number of halogens is 2. The van der Waals surface area contributed by atoms with E-state index in [2.05, 4.69) is 16.8 Å². The molecule has 3 rings (SSSR count). The van der Waals surface area contributed by atoms with Crippen molar-refractivity contribution in [3.63, 3.8) is 0 Å². The smallest absolute Gasteiger partial charge is 0.126 e. The van der Waals surface area contributed by atoms with Gasteiger partial charge in [0, 0.05) is 15.6 Å². The van der Waals surface area contributed by atoms with Crippen LogP contribution < -0.4 is 5.32 Å². The van der Waals surface area contributed by atoms with Gasteiger partial charge in [-0.05, 0) is 54.5 Å². The summed E-state index contributed by atoms with van der Waals surface area (Å²) >= 11 is 7.67. The molecule has 0 spiro atoms. The minimum atomic E-state index is -0.300. The molecule has 1 aliphatic carbocycles. The highest BCUT2D eigenvalue weighted by atomic mass is 35.5. The van der Waals surface area contributed by atoms with Gasteiger partial charge in [-0.3, -0.25) is 0 Å². The van der Waals surface area contributed by atoms with Gasteiger partial charge < -0.3 is 5.32 Å². The first-order chi connectivity index (χ1) is 8.72. The molecule has 1 heterocycles. The molecule has 0 fully saturated rings. The normalized spacial score (nSPS) is 18.4. The Bertz CT molecular complexity index is 546. The van der Waals surface area contributed by atoms with Crippen molar-refractivity contribution in [2.24, 2.45) is 0 Å². The average Bonchev–Trinajstić information content (AvgIpc) is 2.76. The lowest BCUT2D eigenvalue weighted by Gasteiger charge is -2.24. The number of aryl methyl sites for hydroxylation is 1. The van der Waals surface area contributed by atoms with E-state index in [1.807, 2.05) is 0 Å². The van der Waals surface area contributed by atoms with Crippen LogP contribution in [0.25, 0.3) is 0 Å². The second-order valence-electron chi connectivity index (χ2n) is 4.55. The van der Waals surface area contributed by atoms with Gasteiger partial charge in [0.25, 0.3) is 0 Å². The molecule has 1 atom stereocenters. The molecular formula is C14H13ClFNS. The minimum absolute atomic E-state index is 0.276. The Morgan fingerprint density at radius 2 is 2.22 bits per heavy atom. The number of nitrogens with one attached hydrogen (secondary N) is 1. The molecule has 1 unspecified atom stereocenters. The van der Waals surface area contributed by atoms with Crippen LogP contribution in [0.1, 0.15) is 29.3 Å². The Labute approximate surface area is 115 Å². The summed E-state index contributed by atoms with van der Waals surface area (Å²) in [6, 6.07) is 7.02. The summed E-state index contributed by atoms with van der Waals surface area (Å²) in [5.41, 5.74) is 2.11. The molecular weight excluding hydrogens is 269 g/mol. The molecule has 0 radical (unpaired) electrons. The lowest BCUT2D eigenvalue weighted by atomic mass is 9.94. The molecule has 0 aliphatic heterocycles. The maximum atomic E-state index is 13.3. The zero-order valence-corrected chi connectivity index (χ0v) is 11.3. The van der Waals surface area contributed by atoms with Crippen molar-refractivity contribution in [1.82, 2.24) is 0 Å². The van der Waals surface area contributed by atoms with Crippen LogP contribution in [0, 0.1) is 5.82 Å². The van der Waals surface area contributed by atoms with Crippen LogP contribution in [-0.2, 0) is 6.42 Å². The van der Waals surface area contributed by atoms with Crippen molar-refractivity contribution in [1.29, 1.82) is 0 Å². The van der Waals surface area contributed by atoms with Crippen molar-refractivity contribution in [3.8, 4) is 0 Å². The highest BCUT2D eigenvalue weighted by Crippen LogP contribution is 2.35. The predicted molar refractivity (Wildman–Crippen MR) is 75.0 cm³/mol. The van der Waals surface area contributed by atoms with Gasteiger partial charge in [-0.1, -0.05) is 11.6 Å². The number of rotatable bonds is 2. The summed E-state index contributed by atoms with van der Waals surface area (Å²) < 4.78 is 13.3. The molecule has 0 amide bonds. The Balaban J connectivity index is 1.86. The first-order valence-corrected chi connectivity index (χ1v) is 7.27. The lowest BCUT2D eigenvalue weighted by molar-refractivity contribution is 0.605. The van der Waals surface area contributed by atoms with Crippen LogP contribution in [-0.4, -0.2) is 0 Å². The molecule has 1 nitrogen and oxygen atoms in total. The van der Waals surface area contributed by atoms with Crippen LogP contribution in [0.3, 0.4) is 0 Å². The van der Waals surface area contributed by atoms with Gasteiger partial charge in [-0.2, -0.15) is 0 Å². The third-order valence-corrected chi connectivity index (χ3v) is 4.47. The van der Waals surface area contributed by atoms with Gasteiger partial charge in [-0.15, -0.1) is 11.3 Å². The third-order valence-electron chi connectivity index (χ3n) is 3.26. The van der Waals surface area contributed by atoms with E-state index in [1.54, 1.807) is 17.4 Å². The van der Waals surface area contributed by atoms with Crippen molar-refractivity contribution >= 4 is 28.6 Å². The number of fused-ring (bicyclic) bond motifs is 1. The second-order valence-corrected chi connectivity index (χ2v) is 5.98. The van der Waals surface area contributed by atoms with Gasteiger partial charge in [0.1, 0.15) is 5.82 Å². The Morgan fingerprint density at radius 1 is 1.33 bits per heavy atom. The highest BCUT2D eigenvalue weighted by Gasteiger charge is 2.21. The standard InChI is InChI=1S/C14H13ClFNS/c15-9-6-10(16)8-11(7-9)17-13-2-1-3-14-12(13)4-5-18-14/h4-8,13,17H,1-3H2. The van der Waals surface area contributed by atoms with Crippen LogP contribution in [0.4, 0.5) is 10.1 Å². The van der Waals surface area contributed by atoms with Crippen LogP contribution in [0.5, 0.6) is 0 Å². The topological polar surface area (TPSA) is 12.0 Å². The van der Waals surface area contributed by atoms with Crippen molar-refractivity contribution in [3.05, 3.63) is 50.9 Å². The van der Waals surface area contributed by atoms with Crippen molar-refractivity contribution < 1.29 is 4.39 Å². The molecule has 18 heavy (non-hydrogen) atoms. The summed E-state index contributed by atoms with van der Waals surface area (Å²) in [5, 5.41) is 5.94. The summed E-state index contributed by atoms with van der Waals surface area (Å²) in [7, 11) is 0. The number of hydrogen-bond donors (Lipinski definition) is 1. The minimum Gasteiger partial charge on any atom is -0.378 e.